The first kappa shape index (κ1) is 17.9. The predicted molar refractivity (Wildman–Crippen MR) is 94.5 cm³/mol. The molecule has 1 aromatic rings. The number of piperidine rings is 1. The number of amides is 2. The first-order valence-electron chi connectivity index (χ1n) is 9.42. The van der Waals surface area contributed by atoms with Crippen molar-refractivity contribution in [2.45, 2.75) is 44.9 Å². The molecule has 2 aliphatic rings. The van der Waals surface area contributed by atoms with Crippen molar-refractivity contribution in [1.82, 2.24) is 9.80 Å². The van der Waals surface area contributed by atoms with Gasteiger partial charge in [0, 0.05) is 39.0 Å². The molecule has 1 aromatic carbocycles. The van der Waals surface area contributed by atoms with E-state index in [2.05, 4.69) is 0 Å². The van der Waals surface area contributed by atoms with Gasteiger partial charge in [0.15, 0.2) is 0 Å². The molecule has 0 aromatic heterocycles. The van der Waals surface area contributed by atoms with E-state index < -0.39 is 0 Å². The fourth-order valence-corrected chi connectivity index (χ4v) is 3.92. The zero-order valence-electron chi connectivity index (χ0n) is 14.8. The Kier molecular flexibility index (Phi) is 6.05. The van der Waals surface area contributed by atoms with Crippen LogP contribution >= 0.6 is 0 Å². The minimum Gasteiger partial charge on any atom is -0.342 e. The van der Waals surface area contributed by atoms with Crippen molar-refractivity contribution in [2.75, 3.05) is 26.2 Å². The van der Waals surface area contributed by atoms with Crippen molar-refractivity contribution in [1.29, 1.82) is 0 Å². The van der Waals surface area contributed by atoms with Crippen molar-refractivity contribution in [2.24, 2.45) is 5.92 Å². The zero-order chi connectivity index (χ0) is 17.6. The van der Waals surface area contributed by atoms with E-state index in [-0.39, 0.29) is 17.6 Å². The highest BCUT2D eigenvalue weighted by molar-refractivity contribution is 5.80. The van der Waals surface area contributed by atoms with E-state index in [4.69, 9.17) is 0 Å². The van der Waals surface area contributed by atoms with E-state index >= 15 is 0 Å². The van der Waals surface area contributed by atoms with Gasteiger partial charge in [-0.3, -0.25) is 9.59 Å². The molecular weight excluding hydrogens is 319 g/mol. The van der Waals surface area contributed by atoms with Gasteiger partial charge in [0.25, 0.3) is 0 Å². The van der Waals surface area contributed by atoms with Crippen LogP contribution in [-0.4, -0.2) is 47.8 Å². The van der Waals surface area contributed by atoms with Crippen LogP contribution in [0.1, 0.15) is 44.1 Å². The van der Waals surface area contributed by atoms with Crippen LogP contribution in [0.3, 0.4) is 0 Å². The quantitative estimate of drug-likeness (QED) is 0.794. The molecule has 4 nitrogen and oxygen atoms in total. The zero-order valence-corrected chi connectivity index (χ0v) is 14.8. The number of nitrogens with zero attached hydrogens (tertiary/aromatic N) is 2. The van der Waals surface area contributed by atoms with Gasteiger partial charge in [-0.05, 0) is 55.7 Å². The summed E-state index contributed by atoms with van der Waals surface area (Å²) in [5.41, 5.74) is 1.02. The normalized spacial score (nSPS) is 21.0. The lowest BCUT2D eigenvalue weighted by Gasteiger charge is -2.33. The number of rotatable bonds is 6. The first-order chi connectivity index (χ1) is 12.1. The molecular formula is C20H27FN2O2. The molecule has 0 radical (unpaired) electrons. The number of aryl methyl sites for hydroxylation is 1. The Hall–Kier alpha value is -1.91. The highest BCUT2D eigenvalue weighted by Crippen LogP contribution is 2.22. The molecule has 0 spiro atoms. The third-order valence-electron chi connectivity index (χ3n) is 5.37. The second-order valence-corrected chi connectivity index (χ2v) is 7.25. The number of carbonyl (C=O) groups is 2. The maximum absolute atomic E-state index is 13.3. The number of halogens is 1. The van der Waals surface area contributed by atoms with Crippen LogP contribution in [0.4, 0.5) is 4.39 Å². The number of benzene rings is 1. The van der Waals surface area contributed by atoms with Gasteiger partial charge in [0.2, 0.25) is 11.8 Å². The Morgan fingerprint density at radius 1 is 1.24 bits per heavy atom. The van der Waals surface area contributed by atoms with E-state index in [0.717, 1.165) is 57.3 Å². The van der Waals surface area contributed by atoms with Crippen LogP contribution < -0.4 is 0 Å². The van der Waals surface area contributed by atoms with Gasteiger partial charge in [0.05, 0.1) is 0 Å². The van der Waals surface area contributed by atoms with E-state index in [9.17, 15) is 14.0 Å². The molecule has 0 saturated carbocycles. The maximum atomic E-state index is 13.3. The smallest absolute Gasteiger partial charge is 0.224 e. The molecule has 0 aliphatic carbocycles. The summed E-state index contributed by atoms with van der Waals surface area (Å²) >= 11 is 0. The molecule has 0 N–H and O–H groups in total. The van der Waals surface area contributed by atoms with Crippen LogP contribution in [-0.2, 0) is 16.0 Å². The molecule has 3 rings (SSSR count). The molecule has 5 heteroatoms. The molecule has 2 aliphatic heterocycles. The minimum absolute atomic E-state index is 0.162. The van der Waals surface area contributed by atoms with Crippen molar-refractivity contribution in [3.05, 3.63) is 35.6 Å². The second-order valence-electron chi connectivity index (χ2n) is 7.25. The third kappa shape index (κ3) is 5.03. The molecule has 1 unspecified atom stereocenters. The van der Waals surface area contributed by atoms with Crippen LogP contribution in [0.2, 0.25) is 0 Å². The van der Waals surface area contributed by atoms with Gasteiger partial charge in [-0.15, -0.1) is 0 Å². The molecule has 1 atom stereocenters. The standard InChI is InChI=1S/C20H27FN2O2/c21-18-6-1-4-16(14-18)8-9-17-5-2-12-23(15-17)20(25)10-13-22-11-3-7-19(22)24/h1,4,6,14,17H,2-3,5,7-13,15H2. The van der Waals surface area contributed by atoms with Crippen LogP contribution in [0, 0.1) is 11.7 Å². The average molecular weight is 346 g/mol. The first-order valence-corrected chi connectivity index (χ1v) is 9.42. The van der Waals surface area contributed by atoms with E-state index in [1.807, 2.05) is 15.9 Å². The number of hydrogen-bond donors (Lipinski definition) is 0. The summed E-state index contributed by atoms with van der Waals surface area (Å²) in [4.78, 5) is 27.9. The molecule has 25 heavy (non-hydrogen) atoms. The third-order valence-corrected chi connectivity index (χ3v) is 5.37. The van der Waals surface area contributed by atoms with Gasteiger partial charge >= 0.3 is 0 Å². The van der Waals surface area contributed by atoms with Crippen LogP contribution in [0.25, 0.3) is 0 Å². The van der Waals surface area contributed by atoms with Crippen molar-refractivity contribution < 1.29 is 14.0 Å². The van der Waals surface area contributed by atoms with E-state index in [1.54, 1.807) is 12.1 Å². The Morgan fingerprint density at radius 3 is 2.88 bits per heavy atom. The summed E-state index contributed by atoms with van der Waals surface area (Å²) in [6.45, 7) is 2.97. The van der Waals surface area contributed by atoms with E-state index in [0.29, 0.717) is 25.3 Å². The van der Waals surface area contributed by atoms with Crippen molar-refractivity contribution in [3.8, 4) is 0 Å². The molecule has 0 bridgehead atoms. The lowest BCUT2D eigenvalue weighted by Crippen LogP contribution is -2.41. The van der Waals surface area contributed by atoms with Crippen molar-refractivity contribution >= 4 is 11.8 Å². The Bertz CT molecular complexity index is 619. The fourth-order valence-electron chi connectivity index (χ4n) is 3.92. The Morgan fingerprint density at radius 2 is 2.12 bits per heavy atom. The van der Waals surface area contributed by atoms with Gasteiger partial charge in [-0.1, -0.05) is 12.1 Å². The highest BCUT2D eigenvalue weighted by Gasteiger charge is 2.25. The molecule has 2 saturated heterocycles. The van der Waals surface area contributed by atoms with Gasteiger partial charge < -0.3 is 9.80 Å². The lowest BCUT2D eigenvalue weighted by atomic mass is 9.91. The van der Waals surface area contributed by atoms with Crippen LogP contribution in [0.15, 0.2) is 24.3 Å². The second kappa shape index (κ2) is 8.45. The Labute approximate surface area is 149 Å². The van der Waals surface area contributed by atoms with Gasteiger partial charge in [-0.25, -0.2) is 4.39 Å². The summed E-state index contributed by atoms with van der Waals surface area (Å²) in [7, 11) is 0. The summed E-state index contributed by atoms with van der Waals surface area (Å²) in [6.07, 6.45) is 5.97. The average Bonchev–Trinajstić information content (AvgIpc) is 3.03. The molecule has 2 fully saturated rings. The van der Waals surface area contributed by atoms with Gasteiger partial charge in [0.1, 0.15) is 5.82 Å². The largest absolute Gasteiger partial charge is 0.342 e. The molecule has 2 amide bonds. The maximum Gasteiger partial charge on any atom is 0.224 e. The number of hydrogen-bond acceptors (Lipinski definition) is 2. The summed E-state index contributed by atoms with van der Waals surface area (Å²) < 4.78 is 13.3. The fraction of sp³-hybridized carbons (Fsp3) is 0.600. The topological polar surface area (TPSA) is 40.6 Å². The number of likely N-dealkylation sites (tertiary alicyclic amines) is 2. The van der Waals surface area contributed by atoms with Gasteiger partial charge in [-0.2, -0.15) is 0 Å². The predicted octanol–water partition coefficient (Wildman–Crippen LogP) is 3.01. The van der Waals surface area contributed by atoms with Crippen LogP contribution in [0.5, 0.6) is 0 Å². The summed E-state index contributed by atoms with van der Waals surface area (Å²) in [6, 6.07) is 6.78. The van der Waals surface area contributed by atoms with E-state index in [1.165, 1.54) is 6.07 Å². The lowest BCUT2D eigenvalue weighted by molar-refractivity contribution is -0.134. The summed E-state index contributed by atoms with van der Waals surface area (Å²) in [5.74, 6) is 0.637. The minimum atomic E-state index is -0.186. The highest BCUT2D eigenvalue weighted by atomic mass is 19.1. The van der Waals surface area contributed by atoms with Crippen molar-refractivity contribution in [3.63, 3.8) is 0 Å². The monoisotopic (exact) mass is 346 g/mol. The SMILES string of the molecule is O=C1CCCN1CCC(=O)N1CCCC(CCc2cccc(F)c2)C1. The molecule has 136 valence electrons. The number of carbonyl (C=O) groups excluding carboxylic acids is 2. The Balaban J connectivity index is 1.43. The molecule has 2 heterocycles. The summed E-state index contributed by atoms with van der Waals surface area (Å²) in [5, 5.41) is 0.